The Balaban J connectivity index is 3.08. The van der Waals surface area contributed by atoms with E-state index in [4.69, 9.17) is 9.94 Å². The first kappa shape index (κ1) is 8.52. The molecule has 0 spiro atoms. The van der Waals surface area contributed by atoms with Gasteiger partial charge in [-0.2, -0.15) is 4.57 Å². The van der Waals surface area contributed by atoms with Gasteiger partial charge in [-0.05, 0) is 0 Å². The van der Waals surface area contributed by atoms with Crippen LogP contribution in [-0.4, -0.2) is 18.5 Å². The van der Waals surface area contributed by atoms with E-state index in [0.29, 0.717) is 0 Å². The Morgan fingerprint density at radius 3 is 3.00 bits per heavy atom. The Morgan fingerprint density at radius 1 is 1.67 bits per heavy atom. The summed E-state index contributed by atoms with van der Waals surface area (Å²) in [5, 5.41) is 11.3. The summed E-state index contributed by atoms with van der Waals surface area (Å²) in [4.78, 5) is 0. The monoisotopic (exact) mass is 167 g/mol. The molecule has 4 nitrogen and oxygen atoms in total. The fourth-order valence-corrected chi connectivity index (χ4v) is 0.881. The summed E-state index contributed by atoms with van der Waals surface area (Å²) in [6.07, 6.45) is 3.18. The van der Waals surface area contributed by atoms with Gasteiger partial charge in [0, 0.05) is 6.07 Å². The maximum atomic E-state index is 8.32. The highest BCUT2D eigenvalue weighted by molar-refractivity contribution is 5.74. The van der Waals surface area contributed by atoms with Crippen molar-refractivity contribution in [3.63, 3.8) is 0 Å². The van der Waals surface area contributed by atoms with Crippen molar-refractivity contribution in [3.05, 3.63) is 24.0 Å². The molecule has 12 heavy (non-hydrogen) atoms. The van der Waals surface area contributed by atoms with Gasteiger partial charge in [-0.1, -0.05) is 5.16 Å². The van der Waals surface area contributed by atoms with Crippen LogP contribution in [0.4, 0.5) is 0 Å². The van der Waals surface area contributed by atoms with E-state index in [-0.39, 0.29) is 0 Å². The van der Waals surface area contributed by atoms with Gasteiger partial charge in [0.25, 0.3) is 0 Å². The number of hydrogen-bond donors (Lipinski definition) is 1. The molecule has 0 amide bonds. The van der Waals surface area contributed by atoms with Gasteiger partial charge in [0.15, 0.2) is 6.20 Å². The molecule has 0 fully saturated rings. The fraction of sp³-hybridized carbons (Fsp3) is 0.250. The molecule has 4 heteroatoms. The van der Waals surface area contributed by atoms with Crippen molar-refractivity contribution >= 4 is 6.21 Å². The van der Waals surface area contributed by atoms with Crippen LogP contribution in [0.3, 0.4) is 0 Å². The van der Waals surface area contributed by atoms with E-state index in [1.54, 1.807) is 13.2 Å². The number of methoxy groups -OCH3 is 1. The topological polar surface area (TPSA) is 45.7 Å². The first-order chi connectivity index (χ1) is 5.77. The van der Waals surface area contributed by atoms with Crippen molar-refractivity contribution in [2.45, 2.75) is 0 Å². The second-order valence-electron chi connectivity index (χ2n) is 2.35. The van der Waals surface area contributed by atoms with E-state index in [1.807, 2.05) is 23.9 Å². The van der Waals surface area contributed by atoms with Crippen LogP contribution in [0.1, 0.15) is 5.69 Å². The Hall–Kier alpha value is -1.58. The van der Waals surface area contributed by atoms with Crippen LogP contribution >= 0.6 is 0 Å². The van der Waals surface area contributed by atoms with E-state index in [0.717, 1.165) is 11.4 Å². The summed E-state index contributed by atoms with van der Waals surface area (Å²) in [5.41, 5.74) is 0.775. The average molecular weight is 167 g/mol. The summed E-state index contributed by atoms with van der Waals surface area (Å²) >= 11 is 0. The quantitative estimate of drug-likeness (QED) is 0.298. The minimum absolute atomic E-state index is 0.739. The molecule has 0 unspecified atom stereocenters. The summed E-state index contributed by atoms with van der Waals surface area (Å²) < 4.78 is 6.82. The van der Waals surface area contributed by atoms with Crippen LogP contribution < -0.4 is 9.30 Å². The first-order valence-corrected chi connectivity index (χ1v) is 3.49. The van der Waals surface area contributed by atoms with Crippen LogP contribution in [0.2, 0.25) is 0 Å². The maximum Gasteiger partial charge on any atom is 0.230 e. The number of hydrogen-bond acceptors (Lipinski definition) is 3. The van der Waals surface area contributed by atoms with Crippen molar-refractivity contribution in [1.82, 2.24) is 0 Å². The molecule has 64 valence electrons. The molecule has 1 N–H and O–H groups in total. The zero-order valence-electron chi connectivity index (χ0n) is 7.06. The van der Waals surface area contributed by atoms with Gasteiger partial charge >= 0.3 is 0 Å². The van der Waals surface area contributed by atoms with Crippen LogP contribution in [0.15, 0.2) is 23.5 Å². The number of rotatable bonds is 2. The lowest BCUT2D eigenvalue weighted by atomic mass is 10.3. The first-order valence-electron chi connectivity index (χ1n) is 3.49. The molecule has 0 aliphatic heterocycles. The van der Waals surface area contributed by atoms with E-state index >= 15 is 0 Å². The van der Waals surface area contributed by atoms with Crippen LogP contribution in [0.25, 0.3) is 0 Å². The Kier molecular flexibility index (Phi) is 2.63. The van der Waals surface area contributed by atoms with Gasteiger partial charge in [-0.25, -0.2) is 0 Å². The highest BCUT2D eigenvalue weighted by Crippen LogP contribution is 2.06. The number of nitrogens with zero attached hydrogens (tertiary/aromatic N) is 2. The number of ether oxygens (including phenoxy) is 1. The Labute approximate surface area is 70.7 Å². The predicted octanol–water partition coefficient (Wildman–Crippen LogP) is 0.328. The number of aryl methyl sites for hydroxylation is 1. The summed E-state index contributed by atoms with van der Waals surface area (Å²) in [6.45, 7) is 0. The minimum Gasteiger partial charge on any atom is -0.496 e. The molecule has 0 saturated heterocycles. The van der Waals surface area contributed by atoms with Gasteiger partial charge in [0.05, 0.1) is 13.2 Å². The zero-order valence-corrected chi connectivity index (χ0v) is 7.06. The highest BCUT2D eigenvalue weighted by atomic mass is 16.5. The number of pyridine rings is 1. The molecule has 0 bridgehead atoms. The smallest absolute Gasteiger partial charge is 0.230 e. The fourth-order valence-electron chi connectivity index (χ4n) is 0.881. The second-order valence-corrected chi connectivity index (χ2v) is 2.35. The zero-order chi connectivity index (χ0) is 8.97. The van der Waals surface area contributed by atoms with Gasteiger partial charge in [-0.15, -0.1) is 0 Å². The summed E-state index contributed by atoms with van der Waals surface area (Å²) in [6, 6.07) is 3.61. The molecular weight excluding hydrogens is 156 g/mol. The Morgan fingerprint density at radius 2 is 2.42 bits per heavy atom. The van der Waals surface area contributed by atoms with Gasteiger partial charge in [0.1, 0.15) is 19.0 Å². The lowest BCUT2D eigenvalue weighted by molar-refractivity contribution is -0.672. The van der Waals surface area contributed by atoms with Crippen molar-refractivity contribution in [3.8, 4) is 5.75 Å². The molecule has 0 saturated carbocycles. The minimum atomic E-state index is 0.739. The maximum absolute atomic E-state index is 8.32. The standard InChI is InChI=1S/C8H10N2O2/c1-10-4-3-8(12-2)5-7(10)6-9-11/h3-6H,1-2H3/p+1. The number of oxime groups is 1. The molecule has 0 aliphatic carbocycles. The van der Waals surface area contributed by atoms with Gasteiger partial charge in [-0.3, -0.25) is 0 Å². The van der Waals surface area contributed by atoms with Gasteiger partial charge in [0.2, 0.25) is 5.69 Å². The van der Waals surface area contributed by atoms with Crippen LogP contribution in [0.5, 0.6) is 5.75 Å². The molecular formula is C8H11N2O2+. The van der Waals surface area contributed by atoms with E-state index in [2.05, 4.69) is 5.16 Å². The third-order valence-corrected chi connectivity index (χ3v) is 1.59. The normalized spacial score (nSPS) is 10.5. The third kappa shape index (κ3) is 1.72. The molecule has 1 aromatic rings. The summed E-state index contributed by atoms with van der Waals surface area (Å²) in [7, 11) is 3.45. The van der Waals surface area contributed by atoms with Gasteiger partial charge < -0.3 is 9.94 Å². The lowest BCUT2D eigenvalue weighted by Crippen LogP contribution is -2.32. The molecule has 0 aromatic carbocycles. The SMILES string of the molecule is COc1cc[n+](C)c(/C=N/O)c1. The van der Waals surface area contributed by atoms with E-state index in [1.165, 1.54) is 6.21 Å². The number of aromatic nitrogens is 1. The van der Waals surface area contributed by atoms with Crippen molar-refractivity contribution in [2.24, 2.45) is 12.2 Å². The highest BCUT2D eigenvalue weighted by Gasteiger charge is 2.04. The van der Waals surface area contributed by atoms with Crippen LogP contribution in [0, 0.1) is 0 Å². The molecule has 1 aromatic heterocycles. The van der Waals surface area contributed by atoms with E-state index in [9.17, 15) is 0 Å². The average Bonchev–Trinajstić information content (AvgIpc) is 2.09. The molecule has 1 heterocycles. The van der Waals surface area contributed by atoms with Crippen molar-refractivity contribution in [1.29, 1.82) is 0 Å². The predicted molar refractivity (Wildman–Crippen MR) is 43.6 cm³/mol. The molecule has 0 aliphatic rings. The second kappa shape index (κ2) is 3.71. The third-order valence-electron chi connectivity index (χ3n) is 1.59. The van der Waals surface area contributed by atoms with Crippen molar-refractivity contribution < 1.29 is 14.5 Å². The lowest BCUT2D eigenvalue weighted by Gasteiger charge is -1.98. The molecule has 0 radical (unpaired) electrons. The van der Waals surface area contributed by atoms with Crippen LogP contribution in [-0.2, 0) is 7.05 Å². The summed E-state index contributed by atoms with van der Waals surface area (Å²) in [5.74, 6) is 0.739. The Bertz CT molecular complexity index is 297. The molecule has 1 rings (SSSR count). The van der Waals surface area contributed by atoms with E-state index < -0.39 is 0 Å². The molecule has 0 atom stereocenters. The van der Waals surface area contributed by atoms with Crippen molar-refractivity contribution in [2.75, 3.05) is 7.11 Å². The largest absolute Gasteiger partial charge is 0.496 e.